The second-order valence-electron chi connectivity index (χ2n) is 9.46. The van der Waals surface area contributed by atoms with Gasteiger partial charge in [0.1, 0.15) is 0 Å². The van der Waals surface area contributed by atoms with Crippen LogP contribution in [-0.2, 0) is 36.1 Å². The molecule has 1 heterocycles. The number of unbranched alkanes of at least 4 members (excludes halogenated alkanes) is 2. The third kappa shape index (κ3) is 8.71. The van der Waals surface area contributed by atoms with Gasteiger partial charge in [0.25, 0.3) is 0 Å². The monoisotopic (exact) mass is 424 g/mol. The van der Waals surface area contributed by atoms with E-state index in [1.165, 1.54) is 0 Å². The molecule has 1 saturated heterocycles. The van der Waals surface area contributed by atoms with E-state index < -0.39 is 16.1 Å². The average molecular weight is 424 g/mol. The predicted molar refractivity (Wildman–Crippen MR) is 105 cm³/mol. The summed E-state index contributed by atoms with van der Waals surface area (Å²) < 4.78 is 26.9. The van der Waals surface area contributed by atoms with E-state index in [9.17, 15) is 3.32 Å². The minimum absolute atomic E-state index is 0.232. The van der Waals surface area contributed by atoms with Crippen LogP contribution in [0.25, 0.3) is 0 Å². The summed E-state index contributed by atoms with van der Waals surface area (Å²) in [7, 11) is 0. The molecule has 27 heavy (non-hydrogen) atoms. The molecular formula is C21H44O5Ti. The zero-order valence-corrected chi connectivity index (χ0v) is 20.2. The molecule has 1 fully saturated rings. The third-order valence-corrected chi connectivity index (χ3v) is 11.6. The molecule has 2 unspecified atom stereocenters. The van der Waals surface area contributed by atoms with Crippen molar-refractivity contribution < 1.29 is 36.1 Å². The number of hydrogen-bond acceptors (Lipinski definition) is 5. The van der Waals surface area contributed by atoms with Crippen molar-refractivity contribution in [2.45, 2.75) is 102 Å². The fourth-order valence-corrected chi connectivity index (χ4v) is 10.7. The van der Waals surface area contributed by atoms with Gasteiger partial charge in [0.15, 0.2) is 0 Å². The predicted octanol–water partition coefficient (Wildman–Crippen LogP) is 7.06. The van der Waals surface area contributed by atoms with Crippen molar-refractivity contribution in [2.24, 2.45) is 17.3 Å². The molecule has 0 aliphatic carbocycles. The Labute approximate surface area is 168 Å². The van der Waals surface area contributed by atoms with Crippen LogP contribution in [0.1, 0.15) is 92.9 Å². The second kappa shape index (κ2) is 11.5. The third-order valence-electron chi connectivity index (χ3n) is 5.84. The van der Waals surface area contributed by atoms with Crippen molar-refractivity contribution in [3.05, 3.63) is 0 Å². The van der Waals surface area contributed by atoms with Crippen LogP contribution in [0.5, 0.6) is 0 Å². The maximum absolute atomic E-state index is 14.4. The molecule has 0 amide bonds. The first-order valence-electron chi connectivity index (χ1n) is 11.2. The molecule has 0 spiro atoms. The van der Waals surface area contributed by atoms with Crippen LogP contribution in [0.15, 0.2) is 0 Å². The first kappa shape index (κ1) is 25.4. The number of rotatable bonds is 12. The van der Waals surface area contributed by atoms with Crippen molar-refractivity contribution in [3.8, 4) is 0 Å². The van der Waals surface area contributed by atoms with Crippen LogP contribution in [0.2, 0.25) is 9.45 Å². The van der Waals surface area contributed by atoms with Gasteiger partial charge in [-0.3, -0.25) is 0 Å². The van der Waals surface area contributed by atoms with E-state index >= 15 is 0 Å². The molecule has 162 valence electrons. The summed E-state index contributed by atoms with van der Waals surface area (Å²) in [6.07, 6.45) is 8.53. The minimum atomic E-state index is -5.12. The molecule has 0 N–H and O–H groups in total. The Hall–Kier alpha value is 0.354. The molecule has 2 atom stereocenters. The Kier molecular flexibility index (Phi) is 10.8. The zero-order chi connectivity index (χ0) is 20.4. The fourth-order valence-electron chi connectivity index (χ4n) is 3.92. The van der Waals surface area contributed by atoms with E-state index in [0.717, 1.165) is 51.4 Å². The van der Waals surface area contributed by atoms with Crippen LogP contribution >= 0.6 is 0 Å². The maximum atomic E-state index is 14.4. The van der Waals surface area contributed by atoms with E-state index in [1.54, 1.807) is 0 Å². The first-order valence-corrected chi connectivity index (χ1v) is 15.3. The van der Waals surface area contributed by atoms with Crippen molar-refractivity contribution in [2.75, 3.05) is 13.2 Å². The van der Waals surface area contributed by atoms with Gasteiger partial charge in [0.05, 0.1) is 0 Å². The SMILES string of the molecule is CCCCC(CC)[CH2][Ti]1(=[O])([CH2]C(CC)CCCC)[O]OCC(C)(C)CO[O]1. The summed E-state index contributed by atoms with van der Waals surface area (Å²) in [6, 6.07) is 0. The Morgan fingerprint density at radius 2 is 1.22 bits per heavy atom. The molecule has 1 aliphatic rings. The van der Waals surface area contributed by atoms with Gasteiger partial charge in [0, 0.05) is 0 Å². The standard InChI is InChI=1S/2C8H17.C5H12O4.O.Ti/c2*1-4-6-7-8(3)5-2;1-5(2,3-8-6)4-9-7;;/h2*8H,3-7H2,1-2H3;6-7H,3-4H2,1-2H3;;/q;;;;+2/p-2. The Morgan fingerprint density at radius 3 is 1.56 bits per heavy atom. The Balaban J connectivity index is 3.06. The molecule has 0 radical (unpaired) electrons. The molecular weight excluding hydrogens is 380 g/mol. The normalized spacial score (nSPS) is 23.6. The van der Waals surface area contributed by atoms with Gasteiger partial charge in [-0.25, -0.2) is 0 Å². The average Bonchev–Trinajstić information content (AvgIpc) is 2.61. The molecule has 0 aromatic heterocycles. The van der Waals surface area contributed by atoms with E-state index in [-0.39, 0.29) is 5.41 Å². The van der Waals surface area contributed by atoms with Crippen LogP contribution in [0.3, 0.4) is 0 Å². The van der Waals surface area contributed by atoms with Crippen molar-refractivity contribution >= 4 is 0 Å². The summed E-state index contributed by atoms with van der Waals surface area (Å²) in [6.45, 7) is 13.4. The van der Waals surface area contributed by atoms with Crippen LogP contribution in [0.4, 0.5) is 0 Å². The summed E-state index contributed by atoms with van der Waals surface area (Å²) in [4.78, 5) is 11.2. The van der Waals surface area contributed by atoms with E-state index in [0.29, 0.717) is 34.5 Å². The first-order chi connectivity index (χ1) is 12.7. The van der Waals surface area contributed by atoms with Gasteiger partial charge in [-0.2, -0.15) is 0 Å². The van der Waals surface area contributed by atoms with E-state index in [1.807, 2.05) is 13.8 Å². The van der Waals surface area contributed by atoms with Crippen molar-refractivity contribution in [1.82, 2.24) is 0 Å². The molecule has 0 aromatic rings. The zero-order valence-electron chi connectivity index (χ0n) is 18.7. The molecule has 1 rings (SSSR count). The molecule has 5 nitrogen and oxygen atoms in total. The van der Waals surface area contributed by atoms with Crippen LogP contribution in [-0.4, -0.2) is 13.2 Å². The quantitative estimate of drug-likeness (QED) is 0.248. The Morgan fingerprint density at radius 1 is 0.815 bits per heavy atom. The van der Waals surface area contributed by atoms with Crippen LogP contribution in [0, 0.1) is 17.3 Å². The second-order valence-corrected chi connectivity index (χ2v) is 15.5. The van der Waals surface area contributed by atoms with E-state index in [2.05, 4.69) is 27.7 Å². The topological polar surface area (TPSA) is 54.0 Å². The molecule has 6 heteroatoms. The number of hydrogen-bond donors (Lipinski definition) is 0. The summed E-state index contributed by atoms with van der Waals surface area (Å²) in [5.74, 6) is 0.616. The van der Waals surface area contributed by atoms with Gasteiger partial charge in [-0.15, -0.1) is 0 Å². The molecule has 1 aliphatic heterocycles. The van der Waals surface area contributed by atoms with Gasteiger partial charge in [-0.05, 0) is 0 Å². The molecule has 0 saturated carbocycles. The van der Waals surface area contributed by atoms with Gasteiger partial charge < -0.3 is 0 Å². The molecule has 0 aromatic carbocycles. The van der Waals surface area contributed by atoms with Gasteiger partial charge in [-0.1, -0.05) is 0 Å². The van der Waals surface area contributed by atoms with Crippen molar-refractivity contribution in [3.63, 3.8) is 0 Å². The van der Waals surface area contributed by atoms with E-state index in [4.69, 9.17) is 16.7 Å². The van der Waals surface area contributed by atoms with Crippen molar-refractivity contribution in [1.29, 1.82) is 0 Å². The van der Waals surface area contributed by atoms with Gasteiger partial charge >= 0.3 is 169 Å². The molecule has 0 bridgehead atoms. The summed E-state index contributed by atoms with van der Waals surface area (Å²) in [5.41, 5.74) is -0.232. The fraction of sp³-hybridized carbons (Fsp3) is 1.00. The summed E-state index contributed by atoms with van der Waals surface area (Å²) >= 11 is -5.12. The Bertz CT molecular complexity index is 437. The van der Waals surface area contributed by atoms with Crippen LogP contribution < -0.4 is 0 Å². The summed E-state index contributed by atoms with van der Waals surface area (Å²) in [5, 5.41) is 0. The van der Waals surface area contributed by atoms with Gasteiger partial charge in [0.2, 0.25) is 0 Å².